The van der Waals surface area contributed by atoms with Crippen LogP contribution in [-0.2, 0) is 14.3 Å². The van der Waals surface area contributed by atoms with Crippen LogP contribution in [0.4, 0.5) is 5.82 Å². The van der Waals surface area contributed by atoms with E-state index in [1.807, 2.05) is 17.0 Å². The van der Waals surface area contributed by atoms with Crippen molar-refractivity contribution in [1.82, 2.24) is 9.88 Å². The second-order valence-electron chi connectivity index (χ2n) is 6.67. The van der Waals surface area contributed by atoms with Gasteiger partial charge in [-0.3, -0.25) is 9.59 Å². The van der Waals surface area contributed by atoms with Crippen LogP contribution in [-0.4, -0.2) is 48.0 Å². The Morgan fingerprint density at radius 2 is 2.29 bits per heavy atom. The molecule has 2 atom stereocenters. The molecular formula is C18H25N3O3. The highest BCUT2D eigenvalue weighted by molar-refractivity contribution is 5.96. The molecule has 2 amide bonds. The molecule has 130 valence electrons. The van der Waals surface area contributed by atoms with Crippen LogP contribution >= 0.6 is 0 Å². The number of carbonyl (C=O) groups is 2. The zero-order valence-corrected chi connectivity index (χ0v) is 14.2. The first-order valence-electron chi connectivity index (χ1n) is 8.68. The fourth-order valence-electron chi connectivity index (χ4n) is 4.14. The molecule has 24 heavy (non-hydrogen) atoms. The van der Waals surface area contributed by atoms with Crippen LogP contribution in [0.25, 0.3) is 0 Å². The fourth-order valence-corrected chi connectivity index (χ4v) is 4.14. The number of carbonyl (C=O) groups excluding carboxylic acids is 2. The summed E-state index contributed by atoms with van der Waals surface area (Å²) < 4.78 is 5.16. The molecule has 1 saturated carbocycles. The van der Waals surface area contributed by atoms with Gasteiger partial charge < -0.3 is 15.0 Å². The third kappa shape index (κ3) is 3.15. The van der Waals surface area contributed by atoms with Crippen molar-refractivity contribution >= 4 is 17.6 Å². The van der Waals surface area contributed by atoms with Crippen LogP contribution in [0.1, 0.15) is 38.5 Å². The molecule has 1 aliphatic carbocycles. The van der Waals surface area contributed by atoms with Gasteiger partial charge in [-0.15, -0.1) is 0 Å². The first kappa shape index (κ1) is 16.9. The Bertz CT molecular complexity index is 592. The van der Waals surface area contributed by atoms with Crippen LogP contribution < -0.4 is 5.32 Å². The molecule has 0 unspecified atom stereocenters. The Hall–Kier alpha value is -1.95. The summed E-state index contributed by atoms with van der Waals surface area (Å²) in [6, 6.07) is 5.44. The van der Waals surface area contributed by atoms with Crippen LogP contribution in [0, 0.1) is 5.41 Å². The van der Waals surface area contributed by atoms with Gasteiger partial charge in [-0.2, -0.15) is 0 Å². The number of hydrogen-bond acceptors (Lipinski definition) is 4. The van der Waals surface area contributed by atoms with E-state index < -0.39 is 5.41 Å². The SMILES string of the molecule is COCCN1C(=O)CC[C@@]2(C(=O)Nc3ccccn3)CCCC[C@@H]12. The minimum atomic E-state index is -0.503. The number of hydrogen-bond donors (Lipinski definition) is 1. The lowest BCUT2D eigenvalue weighted by Gasteiger charge is -2.51. The Kier molecular flexibility index (Phi) is 5.14. The van der Waals surface area contributed by atoms with Crippen molar-refractivity contribution in [3.05, 3.63) is 24.4 Å². The Labute approximate surface area is 142 Å². The van der Waals surface area contributed by atoms with E-state index in [0.717, 1.165) is 25.7 Å². The molecule has 3 rings (SSSR count). The van der Waals surface area contributed by atoms with Crippen molar-refractivity contribution < 1.29 is 14.3 Å². The van der Waals surface area contributed by atoms with Crippen molar-refractivity contribution in [3.63, 3.8) is 0 Å². The molecule has 0 spiro atoms. The van der Waals surface area contributed by atoms with Crippen LogP contribution in [0.15, 0.2) is 24.4 Å². The molecule has 6 heteroatoms. The molecule has 1 N–H and O–H groups in total. The molecule has 0 aromatic carbocycles. The van der Waals surface area contributed by atoms with Crippen molar-refractivity contribution in [1.29, 1.82) is 0 Å². The van der Waals surface area contributed by atoms with Crippen molar-refractivity contribution in [3.8, 4) is 0 Å². The summed E-state index contributed by atoms with van der Waals surface area (Å²) in [4.78, 5) is 31.6. The first-order chi connectivity index (χ1) is 11.7. The van der Waals surface area contributed by atoms with Gasteiger partial charge in [0.25, 0.3) is 0 Å². The van der Waals surface area contributed by atoms with E-state index in [9.17, 15) is 9.59 Å². The van der Waals surface area contributed by atoms with Crippen LogP contribution in [0.2, 0.25) is 0 Å². The lowest BCUT2D eigenvalue weighted by molar-refractivity contribution is -0.153. The summed E-state index contributed by atoms with van der Waals surface area (Å²) in [7, 11) is 1.64. The maximum atomic E-state index is 13.1. The standard InChI is InChI=1S/C18H25N3O3/c1-24-13-12-21-14-6-2-4-9-18(14,10-8-16(21)22)17(23)20-15-7-3-5-11-19-15/h3,5,7,11,14H,2,4,6,8-10,12-13H2,1H3,(H,19,20,23)/t14-,18+/m1/s1. The summed E-state index contributed by atoms with van der Waals surface area (Å²) in [5.74, 6) is 0.711. The zero-order chi connectivity index (χ0) is 17.0. The van der Waals surface area contributed by atoms with E-state index in [4.69, 9.17) is 4.74 Å². The monoisotopic (exact) mass is 331 g/mol. The van der Waals surface area contributed by atoms with E-state index >= 15 is 0 Å². The number of fused-ring (bicyclic) bond motifs is 1. The number of nitrogens with zero attached hydrogens (tertiary/aromatic N) is 2. The fraction of sp³-hybridized carbons (Fsp3) is 0.611. The molecule has 1 aromatic heterocycles. The zero-order valence-electron chi connectivity index (χ0n) is 14.2. The molecule has 0 radical (unpaired) electrons. The molecule has 2 fully saturated rings. The van der Waals surface area contributed by atoms with Crippen LogP contribution in [0.5, 0.6) is 0 Å². The van der Waals surface area contributed by atoms with E-state index in [1.54, 1.807) is 19.4 Å². The lowest BCUT2D eigenvalue weighted by atomic mass is 9.64. The van der Waals surface area contributed by atoms with E-state index in [1.165, 1.54) is 0 Å². The summed E-state index contributed by atoms with van der Waals surface area (Å²) in [5.41, 5.74) is -0.503. The van der Waals surface area contributed by atoms with Crippen molar-refractivity contribution in [2.45, 2.75) is 44.6 Å². The summed E-state index contributed by atoms with van der Waals surface area (Å²) in [6.07, 6.45) is 6.51. The number of anilines is 1. The van der Waals surface area contributed by atoms with Crippen LogP contribution in [0.3, 0.4) is 0 Å². The van der Waals surface area contributed by atoms with Gasteiger partial charge in [0.15, 0.2) is 0 Å². The minimum Gasteiger partial charge on any atom is -0.383 e. The molecule has 1 aromatic rings. The molecule has 6 nitrogen and oxygen atoms in total. The highest BCUT2D eigenvalue weighted by Gasteiger charge is 2.53. The van der Waals surface area contributed by atoms with E-state index in [-0.39, 0.29) is 17.9 Å². The summed E-state index contributed by atoms with van der Waals surface area (Å²) in [6.45, 7) is 1.05. The van der Waals surface area contributed by atoms with E-state index in [0.29, 0.717) is 31.8 Å². The smallest absolute Gasteiger partial charge is 0.233 e. The number of methoxy groups -OCH3 is 1. The van der Waals surface area contributed by atoms with Gasteiger partial charge in [-0.05, 0) is 31.4 Å². The molecule has 0 bridgehead atoms. The molecule has 1 saturated heterocycles. The predicted molar refractivity (Wildman–Crippen MR) is 90.4 cm³/mol. The molecular weight excluding hydrogens is 306 g/mol. The van der Waals surface area contributed by atoms with Gasteiger partial charge in [-0.1, -0.05) is 18.9 Å². The Morgan fingerprint density at radius 1 is 1.42 bits per heavy atom. The number of nitrogens with one attached hydrogen (secondary N) is 1. The van der Waals surface area contributed by atoms with Gasteiger partial charge in [0.2, 0.25) is 11.8 Å². The second-order valence-corrected chi connectivity index (χ2v) is 6.67. The predicted octanol–water partition coefficient (Wildman–Crippen LogP) is 2.22. The highest BCUT2D eigenvalue weighted by atomic mass is 16.5. The molecule has 2 heterocycles. The number of piperidine rings is 1. The Balaban J connectivity index is 1.84. The number of aromatic nitrogens is 1. The average molecular weight is 331 g/mol. The second kappa shape index (κ2) is 7.30. The number of ether oxygens (including phenoxy) is 1. The quantitative estimate of drug-likeness (QED) is 0.898. The average Bonchev–Trinajstić information content (AvgIpc) is 2.62. The Morgan fingerprint density at radius 3 is 3.04 bits per heavy atom. The molecule has 1 aliphatic heterocycles. The van der Waals surface area contributed by atoms with Gasteiger partial charge in [0, 0.05) is 32.3 Å². The number of amides is 2. The lowest BCUT2D eigenvalue weighted by Crippen LogP contribution is -2.61. The summed E-state index contributed by atoms with van der Waals surface area (Å²) >= 11 is 0. The van der Waals surface area contributed by atoms with Crippen molar-refractivity contribution in [2.75, 3.05) is 25.6 Å². The number of rotatable bonds is 5. The largest absolute Gasteiger partial charge is 0.383 e. The highest BCUT2D eigenvalue weighted by Crippen LogP contribution is 2.47. The third-order valence-corrected chi connectivity index (χ3v) is 5.36. The van der Waals surface area contributed by atoms with Gasteiger partial charge in [0.1, 0.15) is 5.82 Å². The maximum absolute atomic E-state index is 13.1. The van der Waals surface area contributed by atoms with Gasteiger partial charge in [-0.25, -0.2) is 4.98 Å². The van der Waals surface area contributed by atoms with Gasteiger partial charge >= 0.3 is 0 Å². The third-order valence-electron chi connectivity index (χ3n) is 5.36. The topological polar surface area (TPSA) is 71.5 Å². The molecule has 2 aliphatic rings. The number of likely N-dealkylation sites (tertiary alicyclic amines) is 1. The van der Waals surface area contributed by atoms with Crippen molar-refractivity contribution in [2.24, 2.45) is 5.41 Å². The summed E-state index contributed by atoms with van der Waals surface area (Å²) in [5, 5.41) is 2.97. The normalized spacial score (nSPS) is 26.8. The minimum absolute atomic E-state index is 0.000756. The first-order valence-corrected chi connectivity index (χ1v) is 8.68. The van der Waals surface area contributed by atoms with Gasteiger partial charge in [0.05, 0.1) is 12.0 Å². The maximum Gasteiger partial charge on any atom is 0.233 e. The van der Waals surface area contributed by atoms with E-state index in [2.05, 4.69) is 10.3 Å². The number of pyridine rings is 1.